The highest BCUT2D eigenvalue weighted by Gasteiger charge is 2.33. The summed E-state index contributed by atoms with van der Waals surface area (Å²) in [7, 11) is -2.59. The molecule has 196 valence electrons. The Bertz CT molecular complexity index is 1360. The minimum atomic E-state index is -4.09. The van der Waals surface area contributed by atoms with Crippen LogP contribution in [0.5, 0.6) is 0 Å². The van der Waals surface area contributed by atoms with Crippen molar-refractivity contribution in [1.29, 1.82) is 0 Å². The number of hydrogen-bond donors (Lipinski definition) is 1. The van der Waals surface area contributed by atoms with E-state index in [1.807, 2.05) is 19.9 Å². The van der Waals surface area contributed by atoms with Crippen molar-refractivity contribution in [2.24, 2.45) is 0 Å². The molecule has 2 amide bonds. The van der Waals surface area contributed by atoms with Crippen molar-refractivity contribution in [2.45, 2.75) is 44.7 Å². The molecule has 0 aromatic heterocycles. The quantitative estimate of drug-likeness (QED) is 0.403. The number of hydrogen-bond acceptors (Lipinski definition) is 4. The van der Waals surface area contributed by atoms with Gasteiger partial charge >= 0.3 is 0 Å². The van der Waals surface area contributed by atoms with Crippen LogP contribution in [0, 0.1) is 13.8 Å². The van der Waals surface area contributed by atoms with E-state index in [1.165, 1.54) is 24.1 Å². The third-order valence-corrected chi connectivity index (χ3v) is 8.48. The smallest absolute Gasteiger partial charge is 0.264 e. The second-order valence-corrected chi connectivity index (χ2v) is 11.0. The van der Waals surface area contributed by atoms with E-state index in [0.29, 0.717) is 22.7 Å². The molecule has 0 spiro atoms. The van der Waals surface area contributed by atoms with Crippen LogP contribution in [0.1, 0.15) is 30.0 Å². The Morgan fingerprint density at radius 2 is 1.59 bits per heavy atom. The monoisotopic (exact) mass is 541 g/mol. The van der Waals surface area contributed by atoms with E-state index in [4.69, 9.17) is 11.6 Å². The summed E-state index contributed by atoms with van der Waals surface area (Å²) in [5, 5.41) is 3.06. The number of carbonyl (C=O) groups is 2. The number of nitrogens with one attached hydrogen (secondary N) is 1. The zero-order chi connectivity index (χ0) is 27.2. The van der Waals surface area contributed by atoms with Crippen molar-refractivity contribution in [3.05, 3.63) is 94.5 Å². The summed E-state index contributed by atoms with van der Waals surface area (Å²) in [5.74, 6) is -0.861. The van der Waals surface area contributed by atoms with Crippen LogP contribution < -0.4 is 9.62 Å². The van der Waals surface area contributed by atoms with Gasteiger partial charge in [0.1, 0.15) is 12.6 Å². The summed E-state index contributed by atoms with van der Waals surface area (Å²) in [6.07, 6.45) is 0.338. The van der Waals surface area contributed by atoms with E-state index in [1.54, 1.807) is 61.5 Å². The Morgan fingerprint density at radius 3 is 2.19 bits per heavy atom. The topological polar surface area (TPSA) is 86.8 Å². The number of aryl methyl sites for hydroxylation is 2. The van der Waals surface area contributed by atoms with Crippen LogP contribution in [-0.4, -0.2) is 44.8 Å². The lowest BCUT2D eigenvalue weighted by Gasteiger charge is -2.33. The van der Waals surface area contributed by atoms with Crippen LogP contribution in [0.15, 0.2) is 77.7 Å². The maximum absolute atomic E-state index is 13.9. The SMILES string of the molecule is CC[C@@H](C(=O)NC)N(Cc1ccccc1Cl)C(=O)CN(c1ccc(C)c(C)c1)S(=O)(=O)c1ccccc1. The number of carbonyl (C=O) groups excluding carboxylic acids is 2. The maximum Gasteiger partial charge on any atom is 0.264 e. The molecule has 0 saturated heterocycles. The van der Waals surface area contributed by atoms with Crippen LogP contribution in [0.2, 0.25) is 5.02 Å². The largest absolute Gasteiger partial charge is 0.357 e. The van der Waals surface area contributed by atoms with Crippen LogP contribution in [0.4, 0.5) is 5.69 Å². The zero-order valence-electron chi connectivity index (χ0n) is 21.4. The molecule has 9 heteroatoms. The van der Waals surface area contributed by atoms with E-state index in [0.717, 1.165) is 15.4 Å². The molecule has 0 unspecified atom stereocenters. The minimum Gasteiger partial charge on any atom is -0.357 e. The molecule has 0 heterocycles. The first-order valence-electron chi connectivity index (χ1n) is 12.0. The highest BCUT2D eigenvalue weighted by atomic mass is 35.5. The van der Waals surface area contributed by atoms with Gasteiger partial charge in [-0.05, 0) is 67.3 Å². The fourth-order valence-electron chi connectivity index (χ4n) is 4.03. The molecule has 7 nitrogen and oxygen atoms in total. The second-order valence-electron chi connectivity index (χ2n) is 8.74. The highest BCUT2D eigenvalue weighted by molar-refractivity contribution is 7.92. The van der Waals surface area contributed by atoms with E-state index in [2.05, 4.69) is 5.32 Å². The van der Waals surface area contributed by atoms with Crippen molar-refractivity contribution in [2.75, 3.05) is 17.9 Å². The average molecular weight is 542 g/mol. The van der Waals surface area contributed by atoms with Crippen LogP contribution in [0.3, 0.4) is 0 Å². The molecule has 0 bridgehead atoms. The predicted octanol–water partition coefficient (Wildman–Crippen LogP) is 4.71. The predicted molar refractivity (Wildman–Crippen MR) is 147 cm³/mol. The molecule has 1 atom stereocenters. The van der Waals surface area contributed by atoms with Gasteiger partial charge in [-0.3, -0.25) is 13.9 Å². The second kappa shape index (κ2) is 12.3. The van der Waals surface area contributed by atoms with Crippen LogP contribution in [0.25, 0.3) is 0 Å². The first-order valence-corrected chi connectivity index (χ1v) is 13.8. The molecule has 3 aromatic rings. The van der Waals surface area contributed by atoms with Crippen molar-refractivity contribution in [3.8, 4) is 0 Å². The number of benzene rings is 3. The number of amides is 2. The van der Waals surface area contributed by atoms with Gasteiger partial charge in [-0.1, -0.05) is 61.0 Å². The Labute approximate surface area is 224 Å². The Morgan fingerprint density at radius 1 is 0.946 bits per heavy atom. The van der Waals surface area contributed by atoms with Crippen molar-refractivity contribution < 1.29 is 18.0 Å². The molecular weight excluding hydrogens is 510 g/mol. The third kappa shape index (κ3) is 6.50. The van der Waals surface area contributed by atoms with Gasteiger partial charge < -0.3 is 10.2 Å². The van der Waals surface area contributed by atoms with E-state index in [9.17, 15) is 18.0 Å². The van der Waals surface area contributed by atoms with E-state index < -0.39 is 28.5 Å². The molecule has 1 N–H and O–H groups in total. The summed E-state index contributed by atoms with van der Waals surface area (Å²) < 4.78 is 28.7. The van der Waals surface area contributed by atoms with E-state index in [-0.39, 0.29) is 17.3 Å². The van der Waals surface area contributed by atoms with Gasteiger partial charge in [-0.15, -0.1) is 0 Å². The number of rotatable bonds is 10. The molecule has 3 aromatic carbocycles. The number of nitrogens with zero attached hydrogens (tertiary/aromatic N) is 2. The fraction of sp³-hybridized carbons (Fsp3) is 0.286. The molecule has 3 rings (SSSR count). The molecule has 0 radical (unpaired) electrons. The molecular formula is C28H32ClN3O4S. The molecule has 0 fully saturated rings. The lowest BCUT2D eigenvalue weighted by Crippen LogP contribution is -2.51. The van der Waals surface area contributed by atoms with Crippen LogP contribution in [-0.2, 0) is 26.2 Å². The fourth-order valence-corrected chi connectivity index (χ4v) is 5.65. The number of halogens is 1. The molecule has 0 aliphatic heterocycles. The van der Waals surface area contributed by atoms with Gasteiger partial charge in [0.15, 0.2) is 0 Å². The van der Waals surface area contributed by atoms with Gasteiger partial charge in [0.25, 0.3) is 10.0 Å². The molecule has 37 heavy (non-hydrogen) atoms. The Hall–Kier alpha value is -3.36. The van der Waals surface area contributed by atoms with Gasteiger partial charge in [0.2, 0.25) is 11.8 Å². The van der Waals surface area contributed by atoms with Gasteiger partial charge in [0, 0.05) is 18.6 Å². The third-order valence-electron chi connectivity index (χ3n) is 6.32. The lowest BCUT2D eigenvalue weighted by molar-refractivity contribution is -0.140. The van der Waals surface area contributed by atoms with Gasteiger partial charge in [-0.25, -0.2) is 8.42 Å². The van der Waals surface area contributed by atoms with Crippen molar-refractivity contribution >= 4 is 39.1 Å². The number of anilines is 1. The van der Waals surface area contributed by atoms with Crippen LogP contribution >= 0.6 is 11.6 Å². The highest BCUT2D eigenvalue weighted by Crippen LogP contribution is 2.27. The molecule has 0 saturated carbocycles. The first kappa shape index (κ1) is 28.2. The molecule has 0 aliphatic rings. The average Bonchev–Trinajstić information content (AvgIpc) is 2.90. The van der Waals surface area contributed by atoms with Gasteiger partial charge in [-0.2, -0.15) is 0 Å². The summed E-state index contributed by atoms with van der Waals surface area (Å²) in [6.45, 7) is 5.18. The normalized spacial score (nSPS) is 12.0. The molecule has 0 aliphatic carbocycles. The standard InChI is InChI=1S/C28H32ClN3O4S/c1-5-26(28(34)30-4)31(18-22-11-9-10-14-25(22)29)27(33)19-32(23-16-15-20(2)21(3)17-23)37(35,36)24-12-7-6-8-13-24/h6-17,26H,5,18-19H2,1-4H3,(H,30,34)/t26-/m0/s1. The summed E-state index contributed by atoms with van der Waals surface area (Å²) >= 11 is 6.38. The first-order chi connectivity index (χ1) is 17.6. The Kier molecular flexibility index (Phi) is 9.34. The zero-order valence-corrected chi connectivity index (χ0v) is 23.0. The summed E-state index contributed by atoms with van der Waals surface area (Å²) in [4.78, 5) is 28.1. The Balaban J connectivity index is 2.09. The maximum atomic E-state index is 13.9. The van der Waals surface area contributed by atoms with Crippen molar-refractivity contribution in [3.63, 3.8) is 0 Å². The minimum absolute atomic E-state index is 0.0522. The number of sulfonamides is 1. The van der Waals surface area contributed by atoms with Gasteiger partial charge in [0.05, 0.1) is 10.6 Å². The van der Waals surface area contributed by atoms with E-state index >= 15 is 0 Å². The summed E-state index contributed by atoms with van der Waals surface area (Å²) in [5.41, 5.74) is 2.91. The summed E-state index contributed by atoms with van der Waals surface area (Å²) in [6, 6.07) is 19.5. The van der Waals surface area contributed by atoms with Crippen molar-refractivity contribution in [1.82, 2.24) is 10.2 Å². The number of likely N-dealkylation sites (N-methyl/N-ethyl adjacent to an activating group) is 1. The lowest BCUT2D eigenvalue weighted by atomic mass is 10.1.